The van der Waals surface area contributed by atoms with E-state index < -0.39 is 22.0 Å². The van der Waals surface area contributed by atoms with E-state index in [9.17, 15) is 18.0 Å². The molecular formula is C15H23N3O5S. The average Bonchev–Trinajstić information content (AvgIpc) is 2.48. The van der Waals surface area contributed by atoms with E-state index in [2.05, 4.69) is 15.4 Å². The van der Waals surface area contributed by atoms with E-state index >= 15 is 0 Å². The van der Waals surface area contributed by atoms with Crippen LogP contribution in [-0.4, -0.2) is 38.1 Å². The summed E-state index contributed by atoms with van der Waals surface area (Å²) in [5, 5.41) is 13.6. The van der Waals surface area contributed by atoms with Gasteiger partial charge in [-0.25, -0.2) is 17.9 Å². The SMILES string of the molecule is CC(C)NS(=O)(=O)c1cccc(CNC(=O)NCCCC(=O)O)c1. The molecule has 0 heterocycles. The van der Waals surface area contributed by atoms with Crippen molar-refractivity contribution in [2.45, 2.75) is 44.2 Å². The van der Waals surface area contributed by atoms with Crippen LogP contribution >= 0.6 is 0 Å². The number of nitrogens with one attached hydrogen (secondary N) is 3. The average molecular weight is 357 g/mol. The summed E-state index contributed by atoms with van der Waals surface area (Å²) < 4.78 is 26.7. The number of hydrogen-bond acceptors (Lipinski definition) is 4. The van der Waals surface area contributed by atoms with Crippen LogP contribution in [0.25, 0.3) is 0 Å². The Balaban J connectivity index is 2.53. The summed E-state index contributed by atoms with van der Waals surface area (Å²) in [4.78, 5) is 22.1. The first-order valence-electron chi connectivity index (χ1n) is 7.55. The van der Waals surface area contributed by atoms with E-state index in [-0.39, 0.29) is 30.4 Å². The van der Waals surface area contributed by atoms with E-state index in [1.54, 1.807) is 26.0 Å². The van der Waals surface area contributed by atoms with Gasteiger partial charge in [-0.2, -0.15) is 0 Å². The minimum Gasteiger partial charge on any atom is -0.481 e. The largest absolute Gasteiger partial charge is 0.481 e. The van der Waals surface area contributed by atoms with Crippen molar-refractivity contribution in [1.29, 1.82) is 0 Å². The third kappa shape index (κ3) is 7.42. The lowest BCUT2D eigenvalue weighted by atomic mass is 10.2. The van der Waals surface area contributed by atoms with Crippen molar-refractivity contribution in [2.24, 2.45) is 0 Å². The topological polar surface area (TPSA) is 125 Å². The van der Waals surface area contributed by atoms with Crippen molar-refractivity contribution in [2.75, 3.05) is 6.54 Å². The molecule has 0 fully saturated rings. The van der Waals surface area contributed by atoms with Crippen LogP contribution in [0.1, 0.15) is 32.3 Å². The number of hydrogen-bond donors (Lipinski definition) is 4. The molecular weight excluding hydrogens is 334 g/mol. The summed E-state index contributed by atoms with van der Waals surface area (Å²) in [6, 6.07) is 5.65. The maximum absolute atomic E-state index is 12.1. The van der Waals surface area contributed by atoms with Crippen LogP contribution < -0.4 is 15.4 Å². The molecule has 0 unspecified atom stereocenters. The Morgan fingerprint density at radius 3 is 2.54 bits per heavy atom. The fraction of sp³-hybridized carbons (Fsp3) is 0.467. The summed E-state index contributed by atoms with van der Waals surface area (Å²) in [6.45, 7) is 3.88. The lowest BCUT2D eigenvalue weighted by Crippen LogP contribution is -2.35. The number of urea groups is 1. The molecule has 1 rings (SSSR count). The van der Waals surface area contributed by atoms with E-state index in [0.717, 1.165) is 0 Å². The van der Waals surface area contributed by atoms with Crippen LogP contribution in [0.5, 0.6) is 0 Å². The van der Waals surface area contributed by atoms with Gasteiger partial charge >= 0.3 is 12.0 Å². The van der Waals surface area contributed by atoms with Gasteiger partial charge in [-0.05, 0) is 38.0 Å². The second-order valence-electron chi connectivity index (χ2n) is 5.53. The zero-order valence-electron chi connectivity index (χ0n) is 13.7. The standard InChI is InChI=1S/C15H23N3O5S/c1-11(2)18-24(22,23)13-6-3-5-12(9-13)10-17-15(21)16-8-4-7-14(19)20/h3,5-6,9,11,18H,4,7-8,10H2,1-2H3,(H,19,20)(H2,16,17,21). The molecule has 0 atom stereocenters. The quantitative estimate of drug-likeness (QED) is 0.492. The van der Waals surface area contributed by atoms with Crippen LogP contribution in [0, 0.1) is 0 Å². The summed E-state index contributed by atoms with van der Waals surface area (Å²) >= 11 is 0. The van der Waals surface area contributed by atoms with Crippen LogP contribution in [0.4, 0.5) is 4.79 Å². The van der Waals surface area contributed by atoms with E-state index in [4.69, 9.17) is 5.11 Å². The molecule has 0 aliphatic heterocycles. The number of carboxylic acids is 1. The van der Waals surface area contributed by atoms with E-state index in [1.165, 1.54) is 12.1 Å². The number of aliphatic carboxylic acids is 1. The van der Waals surface area contributed by atoms with Crippen molar-refractivity contribution >= 4 is 22.0 Å². The first kappa shape index (κ1) is 19.9. The molecule has 134 valence electrons. The van der Waals surface area contributed by atoms with Crippen LogP contribution in [-0.2, 0) is 21.4 Å². The number of amides is 2. The van der Waals surface area contributed by atoms with Crippen LogP contribution in [0.3, 0.4) is 0 Å². The monoisotopic (exact) mass is 357 g/mol. The summed E-state index contributed by atoms with van der Waals surface area (Å²) in [5.74, 6) is -0.912. The predicted molar refractivity (Wildman–Crippen MR) is 89.0 cm³/mol. The highest BCUT2D eigenvalue weighted by Gasteiger charge is 2.15. The Morgan fingerprint density at radius 2 is 1.92 bits per heavy atom. The van der Waals surface area contributed by atoms with Gasteiger partial charge in [-0.15, -0.1) is 0 Å². The highest BCUT2D eigenvalue weighted by Crippen LogP contribution is 2.12. The highest BCUT2D eigenvalue weighted by molar-refractivity contribution is 7.89. The Bertz CT molecular complexity index is 673. The van der Waals surface area contributed by atoms with Gasteiger partial charge in [0.05, 0.1) is 4.90 Å². The van der Waals surface area contributed by atoms with Crippen molar-refractivity contribution in [3.05, 3.63) is 29.8 Å². The number of carboxylic acid groups (broad SMARTS) is 1. The van der Waals surface area contributed by atoms with Gasteiger partial charge in [-0.3, -0.25) is 4.79 Å². The van der Waals surface area contributed by atoms with Gasteiger partial charge < -0.3 is 15.7 Å². The number of carbonyl (C=O) groups is 2. The number of benzene rings is 1. The van der Waals surface area contributed by atoms with Crippen molar-refractivity contribution < 1.29 is 23.1 Å². The summed E-state index contributed by atoms with van der Waals surface area (Å²) in [6.07, 6.45) is 0.334. The zero-order valence-corrected chi connectivity index (χ0v) is 14.5. The number of carbonyl (C=O) groups excluding carboxylic acids is 1. The van der Waals surface area contributed by atoms with Gasteiger partial charge in [0.15, 0.2) is 0 Å². The molecule has 0 spiro atoms. The molecule has 0 aromatic heterocycles. The molecule has 0 saturated carbocycles. The third-order valence-corrected chi connectivity index (χ3v) is 4.56. The molecule has 8 nitrogen and oxygen atoms in total. The van der Waals surface area contributed by atoms with Crippen molar-refractivity contribution in [3.8, 4) is 0 Å². The first-order valence-corrected chi connectivity index (χ1v) is 9.04. The highest BCUT2D eigenvalue weighted by atomic mass is 32.2. The molecule has 0 saturated heterocycles. The Kier molecular flexibility index (Phi) is 7.66. The van der Waals surface area contributed by atoms with Gasteiger partial charge in [0.25, 0.3) is 0 Å². The molecule has 0 radical (unpaired) electrons. The lowest BCUT2D eigenvalue weighted by Gasteiger charge is -2.11. The normalized spacial score (nSPS) is 11.3. The van der Waals surface area contributed by atoms with E-state index in [0.29, 0.717) is 12.0 Å². The maximum atomic E-state index is 12.1. The second kappa shape index (κ2) is 9.24. The number of rotatable bonds is 9. The van der Waals surface area contributed by atoms with Crippen LogP contribution in [0.15, 0.2) is 29.2 Å². The van der Waals surface area contributed by atoms with Gasteiger partial charge in [0, 0.05) is 25.6 Å². The maximum Gasteiger partial charge on any atom is 0.315 e. The Hall–Kier alpha value is -2.13. The molecule has 0 bridgehead atoms. The minimum absolute atomic E-state index is 0.0109. The molecule has 9 heteroatoms. The van der Waals surface area contributed by atoms with E-state index in [1.807, 2.05) is 0 Å². The summed E-state index contributed by atoms with van der Waals surface area (Å²) in [7, 11) is -3.58. The minimum atomic E-state index is -3.58. The van der Waals surface area contributed by atoms with Crippen molar-refractivity contribution in [1.82, 2.24) is 15.4 Å². The van der Waals surface area contributed by atoms with Crippen molar-refractivity contribution in [3.63, 3.8) is 0 Å². The molecule has 1 aromatic carbocycles. The zero-order chi connectivity index (χ0) is 18.2. The molecule has 4 N–H and O–H groups in total. The summed E-state index contributed by atoms with van der Waals surface area (Å²) in [5.41, 5.74) is 0.641. The number of sulfonamides is 1. The third-order valence-electron chi connectivity index (χ3n) is 2.91. The molecule has 0 aliphatic rings. The fourth-order valence-corrected chi connectivity index (χ4v) is 3.21. The van der Waals surface area contributed by atoms with Gasteiger partial charge in [0.2, 0.25) is 10.0 Å². The lowest BCUT2D eigenvalue weighted by molar-refractivity contribution is -0.137. The fourth-order valence-electron chi connectivity index (χ4n) is 1.89. The van der Waals surface area contributed by atoms with Crippen LogP contribution in [0.2, 0.25) is 0 Å². The molecule has 24 heavy (non-hydrogen) atoms. The second-order valence-corrected chi connectivity index (χ2v) is 7.24. The molecule has 1 aromatic rings. The molecule has 0 aliphatic carbocycles. The Morgan fingerprint density at radius 1 is 1.21 bits per heavy atom. The smallest absolute Gasteiger partial charge is 0.315 e. The first-order chi connectivity index (χ1) is 11.2. The Labute approximate surface area is 141 Å². The molecule has 2 amide bonds. The van der Waals surface area contributed by atoms with Gasteiger partial charge in [-0.1, -0.05) is 12.1 Å². The predicted octanol–water partition coefficient (Wildman–Crippen LogP) is 1.04. The van der Waals surface area contributed by atoms with Gasteiger partial charge in [0.1, 0.15) is 0 Å².